The fourth-order valence-electron chi connectivity index (χ4n) is 3.28. The topological polar surface area (TPSA) is 46.4 Å². The van der Waals surface area contributed by atoms with Gasteiger partial charge in [0.05, 0.1) is 22.1 Å². The Morgan fingerprint density at radius 2 is 1.86 bits per heavy atom. The SMILES string of the molecule is Cc1ccc(NC(=O)CCc2c(-c3ccccc3)nc3ccccn23)c(Cl)c1. The number of rotatable bonds is 5. The molecule has 0 bridgehead atoms. The lowest BCUT2D eigenvalue weighted by Crippen LogP contribution is -2.13. The molecule has 0 aliphatic heterocycles. The number of hydrogen-bond acceptors (Lipinski definition) is 2. The fourth-order valence-corrected chi connectivity index (χ4v) is 3.56. The predicted octanol–water partition coefficient (Wildman–Crippen LogP) is 5.53. The van der Waals surface area contributed by atoms with Gasteiger partial charge in [0.25, 0.3) is 0 Å². The van der Waals surface area contributed by atoms with Gasteiger partial charge in [0.15, 0.2) is 0 Å². The van der Waals surface area contributed by atoms with Crippen molar-refractivity contribution in [3.8, 4) is 11.3 Å². The van der Waals surface area contributed by atoms with Gasteiger partial charge in [0.1, 0.15) is 5.65 Å². The van der Waals surface area contributed by atoms with E-state index in [0.717, 1.165) is 28.2 Å². The van der Waals surface area contributed by atoms with Crippen molar-refractivity contribution < 1.29 is 4.79 Å². The predicted molar refractivity (Wildman–Crippen MR) is 114 cm³/mol. The lowest BCUT2D eigenvalue weighted by Gasteiger charge is -2.09. The van der Waals surface area contributed by atoms with Crippen molar-refractivity contribution in [2.75, 3.05) is 5.32 Å². The monoisotopic (exact) mass is 389 g/mol. The maximum atomic E-state index is 12.5. The highest BCUT2D eigenvalue weighted by atomic mass is 35.5. The van der Waals surface area contributed by atoms with Crippen molar-refractivity contribution in [3.05, 3.63) is 89.2 Å². The summed E-state index contributed by atoms with van der Waals surface area (Å²) in [4.78, 5) is 17.3. The van der Waals surface area contributed by atoms with E-state index < -0.39 is 0 Å². The summed E-state index contributed by atoms with van der Waals surface area (Å²) in [5, 5.41) is 3.46. The van der Waals surface area contributed by atoms with Crippen LogP contribution in [0.3, 0.4) is 0 Å². The average molecular weight is 390 g/mol. The van der Waals surface area contributed by atoms with Crippen molar-refractivity contribution in [2.24, 2.45) is 0 Å². The number of carbonyl (C=O) groups is 1. The molecule has 0 fully saturated rings. The van der Waals surface area contributed by atoms with Crippen LogP contribution in [0, 0.1) is 6.92 Å². The molecule has 1 N–H and O–H groups in total. The molecular formula is C23H20ClN3O. The van der Waals surface area contributed by atoms with Gasteiger partial charge < -0.3 is 9.72 Å². The summed E-state index contributed by atoms with van der Waals surface area (Å²) in [6.07, 6.45) is 2.90. The van der Waals surface area contributed by atoms with Gasteiger partial charge in [-0.1, -0.05) is 54.1 Å². The second kappa shape index (κ2) is 7.87. The molecule has 4 nitrogen and oxygen atoms in total. The van der Waals surface area contributed by atoms with Crippen molar-refractivity contribution >= 4 is 28.8 Å². The Kier molecular flexibility index (Phi) is 5.13. The van der Waals surface area contributed by atoms with Crippen LogP contribution < -0.4 is 5.32 Å². The second-order valence-electron chi connectivity index (χ2n) is 6.73. The molecule has 1 amide bonds. The Bertz CT molecular complexity index is 1140. The molecule has 0 spiro atoms. The van der Waals surface area contributed by atoms with E-state index >= 15 is 0 Å². The third-order valence-corrected chi connectivity index (χ3v) is 4.98. The van der Waals surface area contributed by atoms with Crippen LogP contribution in [-0.2, 0) is 11.2 Å². The lowest BCUT2D eigenvalue weighted by molar-refractivity contribution is -0.116. The van der Waals surface area contributed by atoms with Crippen LogP contribution in [0.15, 0.2) is 72.9 Å². The second-order valence-corrected chi connectivity index (χ2v) is 7.14. The largest absolute Gasteiger partial charge is 0.325 e. The summed E-state index contributed by atoms with van der Waals surface area (Å²) in [5.41, 5.74) is 5.54. The molecule has 0 radical (unpaired) electrons. The van der Waals surface area contributed by atoms with Gasteiger partial charge in [-0.3, -0.25) is 4.79 Å². The highest BCUT2D eigenvalue weighted by Crippen LogP contribution is 2.26. The first-order valence-electron chi connectivity index (χ1n) is 9.19. The van der Waals surface area contributed by atoms with E-state index in [2.05, 4.69) is 9.72 Å². The van der Waals surface area contributed by atoms with E-state index in [9.17, 15) is 4.79 Å². The summed E-state index contributed by atoms with van der Waals surface area (Å²) >= 11 is 6.23. The molecule has 0 unspecified atom stereocenters. The van der Waals surface area contributed by atoms with Crippen molar-refractivity contribution in [1.29, 1.82) is 0 Å². The zero-order chi connectivity index (χ0) is 19.5. The molecule has 0 saturated carbocycles. The molecule has 5 heteroatoms. The number of benzene rings is 2. The molecule has 0 saturated heterocycles. The zero-order valence-corrected chi connectivity index (χ0v) is 16.3. The highest BCUT2D eigenvalue weighted by Gasteiger charge is 2.15. The standard InChI is InChI=1S/C23H20ClN3O/c1-16-10-11-19(18(24)15-16)25-22(28)13-12-20-23(17-7-3-2-4-8-17)26-21-9-5-6-14-27(20)21/h2-11,14-15H,12-13H2,1H3,(H,25,28). The number of aromatic nitrogens is 2. The van der Waals surface area contributed by atoms with E-state index in [0.29, 0.717) is 23.6 Å². The van der Waals surface area contributed by atoms with Gasteiger partial charge in [-0.05, 0) is 43.2 Å². The maximum absolute atomic E-state index is 12.5. The molecule has 2 aromatic heterocycles. The van der Waals surface area contributed by atoms with E-state index in [1.807, 2.05) is 79.9 Å². The van der Waals surface area contributed by atoms with Gasteiger partial charge in [-0.2, -0.15) is 0 Å². The number of anilines is 1. The average Bonchev–Trinajstić information content (AvgIpc) is 3.08. The highest BCUT2D eigenvalue weighted by molar-refractivity contribution is 6.33. The van der Waals surface area contributed by atoms with Crippen molar-refractivity contribution in [1.82, 2.24) is 9.38 Å². The zero-order valence-electron chi connectivity index (χ0n) is 15.5. The van der Waals surface area contributed by atoms with Crippen LogP contribution in [0.25, 0.3) is 16.9 Å². The molecule has 28 heavy (non-hydrogen) atoms. The summed E-state index contributed by atoms with van der Waals surface area (Å²) in [5.74, 6) is -0.0735. The number of fused-ring (bicyclic) bond motifs is 1. The van der Waals surface area contributed by atoms with Crippen LogP contribution in [0.2, 0.25) is 5.02 Å². The Morgan fingerprint density at radius 3 is 2.64 bits per heavy atom. The third-order valence-electron chi connectivity index (χ3n) is 4.66. The van der Waals surface area contributed by atoms with Crippen LogP contribution in [0.1, 0.15) is 17.7 Å². The van der Waals surface area contributed by atoms with E-state index in [1.165, 1.54) is 0 Å². The molecular weight excluding hydrogens is 370 g/mol. The third kappa shape index (κ3) is 3.78. The molecule has 140 valence electrons. The maximum Gasteiger partial charge on any atom is 0.224 e. The van der Waals surface area contributed by atoms with Crippen LogP contribution in [0.5, 0.6) is 0 Å². The summed E-state index contributed by atoms with van der Waals surface area (Å²) in [6.45, 7) is 1.97. The Labute approximate surface area is 168 Å². The summed E-state index contributed by atoms with van der Waals surface area (Å²) in [7, 11) is 0. The molecule has 2 aromatic carbocycles. The number of nitrogens with zero attached hydrogens (tertiary/aromatic N) is 2. The minimum atomic E-state index is -0.0735. The van der Waals surface area contributed by atoms with Crippen molar-refractivity contribution in [2.45, 2.75) is 19.8 Å². The Hall–Kier alpha value is -3.11. The minimum Gasteiger partial charge on any atom is -0.325 e. The molecule has 0 aliphatic carbocycles. The Balaban J connectivity index is 1.58. The smallest absolute Gasteiger partial charge is 0.224 e. The molecule has 4 aromatic rings. The van der Waals surface area contributed by atoms with Gasteiger partial charge in [0.2, 0.25) is 5.91 Å². The molecule has 0 aliphatic rings. The minimum absolute atomic E-state index is 0.0735. The Morgan fingerprint density at radius 1 is 1.07 bits per heavy atom. The fraction of sp³-hybridized carbons (Fsp3) is 0.130. The summed E-state index contributed by atoms with van der Waals surface area (Å²) in [6, 6.07) is 21.6. The summed E-state index contributed by atoms with van der Waals surface area (Å²) < 4.78 is 2.05. The first kappa shape index (κ1) is 18.3. The number of aryl methyl sites for hydroxylation is 2. The number of carbonyl (C=O) groups excluding carboxylic acids is 1. The van der Waals surface area contributed by atoms with Gasteiger partial charge in [-0.15, -0.1) is 0 Å². The number of halogens is 1. The van der Waals surface area contributed by atoms with Gasteiger partial charge >= 0.3 is 0 Å². The number of hydrogen-bond donors (Lipinski definition) is 1. The van der Waals surface area contributed by atoms with Gasteiger partial charge in [0, 0.05) is 18.2 Å². The van der Waals surface area contributed by atoms with Crippen LogP contribution in [-0.4, -0.2) is 15.3 Å². The van der Waals surface area contributed by atoms with E-state index in [4.69, 9.17) is 16.6 Å². The molecule has 2 heterocycles. The van der Waals surface area contributed by atoms with Crippen LogP contribution in [0.4, 0.5) is 5.69 Å². The first-order chi connectivity index (χ1) is 13.6. The van der Waals surface area contributed by atoms with Crippen LogP contribution >= 0.6 is 11.6 Å². The number of pyridine rings is 1. The first-order valence-corrected chi connectivity index (χ1v) is 9.57. The van der Waals surface area contributed by atoms with Crippen molar-refractivity contribution in [3.63, 3.8) is 0 Å². The van der Waals surface area contributed by atoms with E-state index in [1.54, 1.807) is 0 Å². The van der Waals surface area contributed by atoms with Gasteiger partial charge in [-0.25, -0.2) is 4.98 Å². The molecule has 4 rings (SSSR count). The molecule has 0 atom stereocenters. The normalized spacial score (nSPS) is 10.9. The quantitative estimate of drug-likeness (QED) is 0.487. The number of nitrogens with one attached hydrogen (secondary N) is 1. The number of amides is 1. The van der Waals surface area contributed by atoms with E-state index in [-0.39, 0.29) is 5.91 Å². The number of imidazole rings is 1. The lowest BCUT2D eigenvalue weighted by atomic mass is 10.1.